The number of hydrogen-bond acceptors (Lipinski definition) is 2. The van der Waals surface area contributed by atoms with Crippen molar-refractivity contribution in [2.24, 2.45) is 0 Å². The number of para-hydroxylation sites is 1. The first-order valence-corrected chi connectivity index (χ1v) is 5.12. The van der Waals surface area contributed by atoms with E-state index in [0.717, 1.165) is 25.0 Å². The minimum Gasteiger partial charge on any atom is -0.508 e. The van der Waals surface area contributed by atoms with E-state index in [9.17, 15) is 5.11 Å². The van der Waals surface area contributed by atoms with E-state index in [1.807, 2.05) is 25.1 Å². The molecule has 0 saturated carbocycles. The summed E-state index contributed by atoms with van der Waals surface area (Å²) in [6.45, 7) is 4.91. The number of phenolic OH excluding ortho intramolecular Hbond substituents is 1. The van der Waals surface area contributed by atoms with Gasteiger partial charge in [0.2, 0.25) is 0 Å². The smallest absolute Gasteiger partial charge is 0.118 e. The molecule has 0 aromatic heterocycles. The van der Waals surface area contributed by atoms with E-state index < -0.39 is 0 Å². The minimum atomic E-state index is 0.170. The fraction of sp³-hybridized carbons (Fsp3) is 0.500. The highest BCUT2D eigenvalue weighted by molar-refractivity contribution is 5.32. The van der Waals surface area contributed by atoms with Crippen molar-refractivity contribution < 1.29 is 9.84 Å². The van der Waals surface area contributed by atoms with Crippen molar-refractivity contribution in [3.8, 4) is 5.75 Å². The lowest BCUT2D eigenvalue weighted by molar-refractivity contribution is 0.0665. The summed E-state index contributed by atoms with van der Waals surface area (Å²) in [6, 6.07) is 7.40. The third-order valence-corrected chi connectivity index (χ3v) is 2.11. The Hall–Kier alpha value is -1.02. The highest BCUT2D eigenvalue weighted by atomic mass is 16.5. The highest BCUT2D eigenvalue weighted by Crippen LogP contribution is 2.18. The molecule has 1 unspecified atom stereocenters. The number of hydrogen-bond donors (Lipinski definition) is 1. The zero-order valence-corrected chi connectivity index (χ0v) is 8.86. The molecule has 78 valence electrons. The summed E-state index contributed by atoms with van der Waals surface area (Å²) in [4.78, 5) is 0. The van der Waals surface area contributed by atoms with Crippen LogP contribution in [0.1, 0.15) is 25.8 Å². The monoisotopic (exact) mass is 194 g/mol. The Kier molecular flexibility index (Phi) is 4.47. The fourth-order valence-corrected chi connectivity index (χ4v) is 1.37. The molecule has 1 aromatic rings. The molecular formula is C12H18O2. The van der Waals surface area contributed by atoms with Crippen LogP contribution in [0.4, 0.5) is 0 Å². The van der Waals surface area contributed by atoms with E-state index in [0.29, 0.717) is 5.75 Å². The van der Waals surface area contributed by atoms with Crippen LogP contribution in [-0.2, 0) is 11.2 Å². The summed E-state index contributed by atoms with van der Waals surface area (Å²) in [5, 5.41) is 9.53. The molecular weight excluding hydrogens is 176 g/mol. The van der Waals surface area contributed by atoms with E-state index in [1.165, 1.54) is 0 Å². The molecule has 0 heterocycles. The van der Waals surface area contributed by atoms with E-state index >= 15 is 0 Å². The predicted octanol–water partition coefficient (Wildman–Crippen LogP) is 2.75. The Bertz CT molecular complexity index is 271. The van der Waals surface area contributed by atoms with Crippen molar-refractivity contribution in [1.29, 1.82) is 0 Å². The second-order valence-electron chi connectivity index (χ2n) is 3.51. The molecule has 1 N–H and O–H groups in total. The predicted molar refractivity (Wildman–Crippen MR) is 57.5 cm³/mol. The van der Waals surface area contributed by atoms with Gasteiger partial charge in [0.25, 0.3) is 0 Å². The van der Waals surface area contributed by atoms with Gasteiger partial charge in [0, 0.05) is 13.0 Å². The molecule has 0 amide bonds. The number of benzene rings is 1. The lowest BCUT2D eigenvalue weighted by Crippen LogP contribution is -2.12. The number of ether oxygens (including phenoxy) is 1. The van der Waals surface area contributed by atoms with Crippen LogP contribution in [0.25, 0.3) is 0 Å². The Morgan fingerprint density at radius 1 is 1.36 bits per heavy atom. The third-order valence-electron chi connectivity index (χ3n) is 2.11. The van der Waals surface area contributed by atoms with Gasteiger partial charge < -0.3 is 9.84 Å². The molecule has 1 aromatic carbocycles. The Morgan fingerprint density at radius 2 is 2.07 bits per heavy atom. The lowest BCUT2D eigenvalue weighted by atomic mass is 10.1. The van der Waals surface area contributed by atoms with Gasteiger partial charge in [0.15, 0.2) is 0 Å². The van der Waals surface area contributed by atoms with Gasteiger partial charge in [-0.05, 0) is 25.0 Å². The molecule has 2 nitrogen and oxygen atoms in total. The first kappa shape index (κ1) is 11.1. The van der Waals surface area contributed by atoms with Gasteiger partial charge in [0.05, 0.1) is 6.10 Å². The molecule has 1 atom stereocenters. The Balaban J connectivity index is 2.47. The van der Waals surface area contributed by atoms with Crippen molar-refractivity contribution in [2.75, 3.05) is 6.61 Å². The summed E-state index contributed by atoms with van der Waals surface area (Å²) < 4.78 is 5.54. The maximum Gasteiger partial charge on any atom is 0.118 e. The second kappa shape index (κ2) is 5.66. The van der Waals surface area contributed by atoms with E-state index in [2.05, 4.69) is 6.92 Å². The molecule has 0 saturated heterocycles. The van der Waals surface area contributed by atoms with Gasteiger partial charge in [0.1, 0.15) is 5.75 Å². The minimum absolute atomic E-state index is 0.170. The van der Waals surface area contributed by atoms with Crippen LogP contribution in [0.3, 0.4) is 0 Å². The molecule has 2 heteroatoms. The Morgan fingerprint density at radius 3 is 2.71 bits per heavy atom. The average molecular weight is 194 g/mol. The van der Waals surface area contributed by atoms with Gasteiger partial charge in [-0.3, -0.25) is 0 Å². The molecule has 14 heavy (non-hydrogen) atoms. The SMILES string of the molecule is CCCOC(C)Cc1ccccc1O. The van der Waals surface area contributed by atoms with E-state index in [1.54, 1.807) is 6.07 Å². The molecule has 0 spiro atoms. The van der Waals surface area contributed by atoms with Gasteiger partial charge in [-0.25, -0.2) is 0 Å². The first-order chi connectivity index (χ1) is 6.74. The summed E-state index contributed by atoms with van der Waals surface area (Å²) in [6.07, 6.45) is 1.97. The summed E-state index contributed by atoms with van der Waals surface area (Å²) in [5.41, 5.74) is 0.955. The molecule has 0 fully saturated rings. The lowest BCUT2D eigenvalue weighted by Gasteiger charge is -2.13. The van der Waals surface area contributed by atoms with Crippen LogP contribution in [0.2, 0.25) is 0 Å². The van der Waals surface area contributed by atoms with E-state index in [-0.39, 0.29) is 6.10 Å². The number of rotatable bonds is 5. The zero-order valence-electron chi connectivity index (χ0n) is 8.86. The summed E-state index contributed by atoms with van der Waals surface area (Å²) in [7, 11) is 0. The Labute approximate surface area is 85.5 Å². The van der Waals surface area contributed by atoms with Crippen molar-refractivity contribution >= 4 is 0 Å². The fourth-order valence-electron chi connectivity index (χ4n) is 1.37. The van der Waals surface area contributed by atoms with Crippen molar-refractivity contribution in [1.82, 2.24) is 0 Å². The van der Waals surface area contributed by atoms with Crippen LogP contribution in [-0.4, -0.2) is 17.8 Å². The van der Waals surface area contributed by atoms with Crippen LogP contribution < -0.4 is 0 Å². The van der Waals surface area contributed by atoms with Gasteiger partial charge in [-0.15, -0.1) is 0 Å². The largest absolute Gasteiger partial charge is 0.508 e. The van der Waals surface area contributed by atoms with Crippen molar-refractivity contribution in [3.05, 3.63) is 29.8 Å². The number of aromatic hydroxyl groups is 1. The molecule has 1 rings (SSSR count). The number of phenols is 1. The summed E-state index contributed by atoms with van der Waals surface area (Å²) >= 11 is 0. The zero-order chi connectivity index (χ0) is 10.4. The molecule has 0 bridgehead atoms. The van der Waals surface area contributed by atoms with Crippen LogP contribution in [0.15, 0.2) is 24.3 Å². The standard InChI is InChI=1S/C12H18O2/c1-3-8-14-10(2)9-11-6-4-5-7-12(11)13/h4-7,10,13H,3,8-9H2,1-2H3. The van der Waals surface area contributed by atoms with Gasteiger partial charge in [-0.1, -0.05) is 25.1 Å². The topological polar surface area (TPSA) is 29.5 Å². The van der Waals surface area contributed by atoms with Crippen LogP contribution in [0, 0.1) is 0 Å². The summed E-state index contributed by atoms with van der Waals surface area (Å²) in [5.74, 6) is 0.361. The molecule has 0 aliphatic rings. The van der Waals surface area contributed by atoms with Crippen molar-refractivity contribution in [2.45, 2.75) is 32.8 Å². The van der Waals surface area contributed by atoms with E-state index in [4.69, 9.17) is 4.74 Å². The third kappa shape index (κ3) is 3.38. The maximum atomic E-state index is 9.53. The molecule has 0 aliphatic carbocycles. The van der Waals surface area contributed by atoms with Gasteiger partial charge >= 0.3 is 0 Å². The first-order valence-electron chi connectivity index (χ1n) is 5.12. The second-order valence-corrected chi connectivity index (χ2v) is 3.51. The van der Waals surface area contributed by atoms with Crippen LogP contribution in [0.5, 0.6) is 5.75 Å². The molecule has 0 radical (unpaired) electrons. The van der Waals surface area contributed by atoms with Crippen LogP contribution >= 0.6 is 0 Å². The normalized spacial score (nSPS) is 12.7. The van der Waals surface area contributed by atoms with Crippen molar-refractivity contribution in [3.63, 3.8) is 0 Å². The van der Waals surface area contributed by atoms with Gasteiger partial charge in [-0.2, -0.15) is 0 Å². The maximum absolute atomic E-state index is 9.53. The molecule has 0 aliphatic heterocycles. The highest BCUT2D eigenvalue weighted by Gasteiger charge is 2.06. The average Bonchev–Trinajstić information content (AvgIpc) is 2.18. The quantitative estimate of drug-likeness (QED) is 0.781.